The average molecular weight is 287 g/mol. The summed E-state index contributed by atoms with van der Waals surface area (Å²) < 4.78 is 2.05. The van der Waals surface area contributed by atoms with Gasteiger partial charge in [0, 0.05) is 18.9 Å². The molecule has 0 amide bonds. The van der Waals surface area contributed by atoms with Crippen molar-refractivity contribution in [3.63, 3.8) is 0 Å². The maximum absolute atomic E-state index is 11.3. The first-order valence-corrected chi connectivity index (χ1v) is 7.37. The minimum Gasteiger partial charge on any atom is -0.481 e. The Morgan fingerprint density at radius 2 is 2.14 bits per heavy atom. The summed E-state index contributed by atoms with van der Waals surface area (Å²) in [6, 6.07) is 4.08. The van der Waals surface area contributed by atoms with E-state index in [1.165, 1.54) is 5.56 Å². The fraction of sp³-hybridized carbons (Fsp3) is 0.500. The third kappa shape index (κ3) is 2.65. The van der Waals surface area contributed by atoms with Crippen LogP contribution in [0.3, 0.4) is 0 Å². The largest absolute Gasteiger partial charge is 0.481 e. The number of carboxylic acid groups (broad SMARTS) is 1. The van der Waals surface area contributed by atoms with Gasteiger partial charge in [-0.25, -0.2) is 4.98 Å². The van der Waals surface area contributed by atoms with Crippen LogP contribution in [0.25, 0.3) is 5.65 Å². The lowest BCUT2D eigenvalue weighted by Gasteiger charge is -2.36. The minimum atomic E-state index is -0.675. The Morgan fingerprint density at radius 3 is 2.76 bits per heavy atom. The summed E-state index contributed by atoms with van der Waals surface area (Å²) in [5.41, 5.74) is 2.65. The maximum atomic E-state index is 11.3. The van der Waals surface area contributed by atoms with Crippen molar-refractivity contribution in [2.75, 3.05) is 13.1 Å². The first-order valence-electron chi connectivity index (χ1n) is 7.37. The van der Waals surface area contributed by atoms with E-state index in [1.54, 1.807) is 0 Å². The molecule has 3 heterocycles. The molecule has 2 aromatic heterocycles. The van der Waals surface area contributed by atoms with Crippen molar-refractivity contribution in [2.24, 2.45) is 5.41 Å². The molecule has 1 saturated heterocycles. The van der Waals surface area contributed by atoms with Gasteiger partial charge in [-0.05, 0) is 51.4 Å². The predicted octanol–water partition coefficient (Wildman–Crippen LogP) is 2.33. The number of hydrogen-bond acceptors (Lipinski definition) is 3. The summed E-state index contributed by atoms with van der Waals surface area (Å²) >= 11 is 0. The molecule has 0 spiro atoms. The number of carbonyl (C=O) groups is 1. The SMILES string of the molecule is Cc1cccn2cc(CN3CCC(C)(C(=O)O)CC3)nc12. The van der Waals surface area contributed by atoms with Crippen molar-refractivity contribution in [1.82, 2.24) is 14.3 Å². The molecule has 0 bridgehead atoms. The number of carboxylic acids is 1. The lowest BCUT2D eigenvalue weighted by molar-refractivity contribution is -0.150. The highest BCUT2D eigenvalue weighted by atomic mass is 16.4. The van der Waals surface area contributed by atoms with Crippen molar-refractivity contribution in [2.45, 2.75) is 33.2 Å². The Morgan fingerprint density at radius 1 is 1.43 bits per heavy atom. The molecular weight excluding hydrogens is 266 g/mol. The summed E-state index contributed by atoms with van der Waals surface area (Å²) in [6.07, 6.45) is 5.48. The van der Waals surface area contributed by atoms with Crippen molar-refractivity contribution in [1.29, 1.82) is 0 Å². The molecule has 0 unspecified atom stereocenters. The van der Waals surface area contributed by atoms with Gasteiger partial charge in [-0.15, -0.1) is 0 Å². The molecule has 5 heteroatoms. The molecule has 21 heavy (non-hydrogen) atoms. The fourth-order valence-electron chi connectivity index (χ4n) is 2.93. The number of likely N-dealkylation sites (tertiary alicyclic amines) is 1. The van der Waals surface area contributed by atoms with E-state index in [9.17, 15) is 9.90 Å². The average Bonchev–Trinajstić information content (AvgIpc) is 2.85. The van der Waals surface area contributed by atoms with Crippen LogP contribution in [0.2, 0.25) is 0 Å². The van der Waals surface area contributed by atoms with Gasteiger partial charge in [0.2, 0.25) is 0 Å². The highest BCUT2D eigenvalue weighted by Crippen LogP contribution is 2.31. The Hall–Kier alpha value is -1.88. The van der Waals surface area contributed by atoms with Gasteiger partial charge in [0.1, 0.15) is 5.65 Å². The van der Waals surface area contributed by atoms with E-state index in [4.69, 9.17) is 0 Å². The number of nitrogens with zero attached hydrogens (tertiary/aromatic N) is 3. The highest BCUT2D eigenvalue weighted by molar-refractivity contribution is 5.74. The zero-order chi connectivity index (χ0) is 15.0. The van der Waals surface area contributed by atoms with Crippen LogP contribution < -0.4 is 0 Å². The maximum Gasteiger partial charge on any atom is 0.309 e. The van der Waals surface area contributed by atoms with Crippen molar-refractivity contribution in [3.05, 3.63) is 35.8 Å². The topological polar surface area (TPSA) is 57.8 Å². The third-order valence-electron chi connectivity index (χ3n) is 4.59. The second-order valence-electron chi connectivity index (χ2n) is 6.30. The first kappa shape index (κ1) is 14.1. The Labute approximate surface area is 124 Å². The molecule has 1 fully saturated rings. The van der Waals surface area contributed by atoms with E-state index >= 15 is 0 Å². The third-order valence-corrected chi connectivity index (χ3v) is 4.59. The molecule has 0 aliphatic carbocycles. The number of aromatic nitrogens is 2. The van der Waals surface area contributed by atoms with Crippen molar-refractivity contribution in [3.8, 4) is 0 Å². The zero-order valence-electron chi connectivity index (χ0n) is 12.5. The van der Waals surface area contributed by atoms with E-state index in [0.717, 1.165) is 31.0 Å². The van der Waals surface area contributed by atoms with Gasteiger partial charge < -0.3 is 9.51 Å². The normalized spacial score (nSPS) is 19.0. The number of imidazole rings is 1. The molecule has 0 atom stereocenters. The van der Waals surface area contributed by atoms with Crippen LogP contribution in [0.15, 0.2) is 24.5 Å². The van der Waals surface area contributed by atoms with Gasteiger partial charge in [0.25, 0.3) is 0 Å². The second kappa shape index (κ2) is 5.15. The second-order valence-corrected chi connectivity index (χ2v) is 6.30. The van der Waals surface area contributed by atoms with Crippen LogP contribution in [-0.2, 0) is 11.3 Å². The quantitative estimate of drug-likeness (QED) is 0.941. The number of rotatable bonds is 3. The molecule has 3 rings (SSSR count). The Kier molecular flexibility index (Phi) is 3.45. The van der Waals surface area contributed by atoms with Crippen LogP contribution in [-0.4, -0.2) is 38.4 Å². The van der Waals surface area contributed by atoms with Crippen LogP contribution in [0.4, 0.5) is 0 Å². The molecule has 0 aromatic carbocycles. The number of pyridine rings is 1. The summed E-state index contributed by atoms with van der Waals surface area (Å²) in [6.45, 7) is 6.33. The van der Waals surface area contributed by atoms with E-state index in [0.29, 0.717) is 12.8 Å². The van der Waals surface area contributed by atoms with Crippen LogP contribution in [0, 0.1) is 12.3 Å². The van der Waals surface area contributed by atoms with Gasteiger partial charge in [0.05, 0.1) is 11.1 Å². The summed E-state index contributed by atoms with van der Waals surface area (Å²) in [7, 11) is 0. The van der Waals surface area contributed by atoms with Gasteiger partial charge in [-0.1, -0.05) is 6.07 Å². The zero-order valence-corrected chi connectivity index (χ0v) is 12.5. The Balaban J connectivity index is 1.70. The predicted molar refractivity (Wildman–Crippen MR) is 80.2 cm³/mol. The summed E-state index contributed by atoms with van der Waals surface area (Å²) in [5, 5.41) is 9.27. The molecule has 1 aliphatic rings. The van der Waals surface area contributed by atoms with Crippen molar-refractivity contribution >= 4 is 11.6 Å². The standard InChI is InChI=1S/C16H21N3O2/c1-12-4-3-7-19-11-13(17-14(12)19)10-18-8-5-16(2,6-9-18)15(20)21/h3-4,7,11H,5-6,8-10H2,1-2H3,(H,20,21). The molecule has 0 radical (unpaired) electrons. The number of hydrogen-bond donors (Lipinski definition) is 1. The van der Waals surface area contributed by atoms with Gasteiger partial charge in [-0.3, -0.25) is 9.69 Å². The number of fused-ring (bicyclic) bond motifs is 1. The summed E-state index contributed by atoms with van der Waals surface area (Å²) in [5.74, 6) is -0.675. The van der Waals surface area contributed by atoms with Crippen LogP contribution in [0.5, 0.6) is 0 Å². The fourth-order valence-corrected chi connectivity index (χ4v) is 2.93. The molecule has 2 aromatic rings. The van der Waals surface area contributed by atoms with E-state index in [-0.39, 0.29) is 0 Å². The lowest BCUT2D eigenvalue weighted by Crippen LogP contribution is -2.42. The minimum absolute atomic E-state index is 0.563. The number of piperidine rings is 1. The van der Waals surface area contributed by atoms with E-state index in [2.05, 4.69) is 33.5 Å². The van der Waals surface area contributed by atoms with E-state index < -0.39 is 11.4 Å². The lowest BCUT2D eigenvalue weighted by atomic mass is 9.80. The van der Waals surface area contributed by atoms with Crippen LogP contribution in [0.1, 0.15) is 31.0 Å². The van der Waals surface area contributed by atoms with Gasteiger partial charge in [-0.2, -0.15) is 0 Å². The molecule has 112 valence electrons. The molecule has 1 N–H and O–H groups in total. The van der Waals surface area contributed by atoms with Gasteiger partial charge >= 0.3 is 5.97 Å². The molecule has 1 aliphatic heterocycles. The smallest absolute Gasteiger partial charge is 0.309 e. The van der Waals surface area contributed by atoms with Crippen molar-refractivity contribution < 1.29 is 9.90 Å². The monoisotopic (exact) mass is 287 g/mol. The highest BCUT2D eigenvalue weighted by Gasteiger charge is 2.36. The van der Waals surface area contributed by atoms with Crippen LogP contribution >= 0.6 is 0 Å². The molecule has 5 nitrogen and oxygen atoms in total. The number of aryl methyl sites for hydroxylation is 1. The van der Waals surface area contributed by atoms with E-state index in [1.807, 2.05) is 19.2 Å². The number of aliphatic carboxylic acids is 1. The molecule has 0 saturated carbocycles. The summed E-state index contributed by atoms with van der Waals surface area (Å²) in [4.78, 5) is 18.2. The Bertz CT molecular complexity index is 669. The van der Waals surface area contributed by atoms with Gasteiger partial charge in [0.15, 0.2) is 0 Å². The first-order chi connectivity index (χ1) is 9.98. The molecular formula is C16H21N3O2.